The van der Waals surface area contributed by atoms with Crippen molar-refractivity contribution in [2.24, 2.45) is 0 Å². The molecule has 11 rings (SSSR count). The number of hydrogen-bond donors (Lipinski definition) is 0. The van der Waals surface area contributed by atoms with Gasteiger partial charge in [0.2, 0.25) is 0 Å². The summed E-state index contributed by atoms with van der Waals surface area (Å²) >= 11 is 0. The molecule has 0 aliphatic rings. The van der Waals surface area contributed by atoms with Crippen LogP contribution in [0.2, 0.25) is 0 Å². The smallest absolute Gasteiger partial charge is 0.266 e. The molecule has 0 bridgehead atoms. The summed E-state index contributed by atoms with van der Waals surface area (Å²) in [5, 5.41) is 6.29. The second kappa shape index (κ2) is 11.4. The molecule has 0 atom stereocenters. The number of rotatable bonds is 4. The third kappa shape index (κ3) is 4.44. The molecular weight excluding hydrogens is 649 g/mol. The van der Waals surface area contributed by atoms with Gasteiger partial charge in [0, 0.05) is 27.1 Å². The van der Waals surface area contributed by atoms with Crippen LogP contribution in [0, 0.1) is 0 Å². The summed E-state index contributed by atoms with van der Waals surface area (Å²) < 4.78 is 6.32. The number of aromatic nitrogens is 4. The largest absolute Gasteiger partial charge is 0.295 e. The molecular formula is C48H30N4O. The Balaban J connectivity index is 1.14. The van der Waals surface area contributed by atoms with Crippen molar-refractivity contribution in [1.29, 1.82) is 0 Å². The van der Waals surface area contributed by atoms with Crippen molar-refractivity contribution in [2.45, 2.75) is 0 Å². The molecule has 248 valence electrons. The molecule has 0 radical (unpaired) electrons. The molecule has 53 heavy (non-hydrogen) atoms. The molecule has 0 fully saturated rings. The Labute approximate surface area is 303 Å². The SMILES string of the molecule is O=c1c2cc(-c3ccc4c(c3)c3ccccc3n4-c3cc4ccccc4c(-c4ccccc4)n3)ccc2n2c3ccccc3cc2n1-c1ccccc1. The van der Waals surface area contributed by atoms with Gasteiger partial charge in [0.05, 0.1) is 38.8 Å². The second-order valence-corrected chi connectivity index (χ2v) is 13.6. The Morgan fingerprint density at radius 3 is 1.79 bits per heavy atom. The van der Waals surface area contributed by atoms with Crippen LogP contribution in [0.15, 0.2) is 187 Å². The van der Waals surface area contributed by atoms with Crippen LogP contribution < -0.4 is 5.56 Å². The Bertz CT molecular complexity index is 3300. The van der Waals surface area contributed by atoms with Gasteiger partial charge in [0.1, 0.15) is 11.5 Å². The predicted octanol–water partition coefficient (Wildman–Crippen LogP) is 11.4. The highest BCUT2D eigenvalue weighted by Crippen LogP contribution is 2.37. The zero-order valence-electron chi connectivity index (χ0n) is 28.5. The van der Waals surface area contributed by atoms with Crippen LogP contribution in [0.3, 0.4) is 0 Å². The van der Waals surface area contributed by atoms with E-state index in [2.05, 4.69) is 148 Å². The van der Waals surface area contributed by atoms with E-state index in [-0.39, 0.29) is 5.56 Å². The van der Waals surface area contributed by atoms with Crippen LogP contribution in [-0.2, 0) is 0 Å². The molecule has 11 aromatic rings. The quantitative estimate of drug-likeness (QED) is 0.186. The van der Waals surface area contributed by atoms with Crippen molar-refractivity contribution in [3.63, 3.8) is 0 Å². The molecule has 0 aliphatic heterocycles. The molecule has 0 N–H and O–H groups in total. The normalized spacial score (nSPS) is 11.8. The van der Waals surface area contributed by atoms with Gasteiger partial charge >= 0.3 is 0 Å². The van der Waals surface area contributed by atoms with E-state index in [0.29, 0.717) is 5.39 Å². The van der Waals surface area contributed by atoms with Gasteiger partial charge in [-0.1, -0.05) is 121 Å². The summed E-state index contributed by atoms with van der Waals surface area (Å²) in [5.74, 6) is 0.872. The predicted molar refractivity (Wildman–Crippen MR) is 219 cm³/mol. The van der Waals surface area contributed by atoms with E-state index in [1.807, 2.05) is 47.0 Å². The van der Waals surface area contributed by atoms with Gasteiger partial charge in [0.25, 0.3) is 5.56 Å². The zero-order chi connectivity index (χ0) is 35.0. The fraction of sp³-hybridized carbons (Fsp3) is 0. The van der Waals surface area contributed by atoms with Crippen LogP contribution in [0.25, 0.3) is 93.9 Å². The molecule has 0 aliphatic carbocycles. The molecule has 4 heterocycles. The van der Waals surface area contributed by atoms with E-state index >= 15 is 0 Å². The fourth-order valence-electron chi connectivity index (χ4n) is 8.21. The van der Waals surface area contributed by atoms with Gasteiger partial charge < -0.3 is 0 Å². The molecule has 0 amide bonds. The molecule has 0 saturated heterocycles. The van der Waals surface area contributed by atoms with Crippen molar-refractivity contribution < 1.29 is 0 Å². The maximum atomic E-state index is 14.5. The third-order valence-electron chi connectivity index (χ3n) is 10.6. The van der Waals surface area contributed by atoms with E-state index in [4.69, 9.17) is 4.98 Å². The second-order valence-electron chi connectivity index (χ2n) is 13.6. The average Bonchev–Trinajstić information content (AvgIpc) is 3.77. The Hall–Kier alpha value is -7.24. The minimum absolute atomic E-state index is 0.0439. The van der Waals surface area contributed by atoms with Gasteiger partial charge in [0.15, 0.2) is 0 Å². The van der Waals surface area contributed by atoms with Crippen molar-refractivity contribution in [2.75, 3.05) is 0 Å². The van der Waals surface area contributed by atoms with Crippen molar-refractivity contribution in [1.82, 2.24) is 18.5 Å². The Kier molecular flexibility index (Phi) is 6.34. The lowest BCUT2D eigenvalue weighted by Gasteiger charge is -2.14. The first-order valence-corrected chi connectivity index (χ1v) is 17.8. The molecule has 0 saturated carbocycles. The Morgan fingerprint density at radius 1 is 0.396 bits per heavy atom. The van der Waals surface area contributed by atoms with Crippen molar-refractivity contribution >= 4 is 60.0 Å². The first kappa shape index (κ1) is 29.5. The lowest BCUT2D eigenvalue weighted by atomic mass is 10.0. The molecule has 5 nitrogen and oxygen atoms in total. The Morgan fingerprint density at radius 2 is 1.00 bits per heavy atom. The van der Waals surface area contributed by atoms with Gasteiger partial charge in [-0.2, -0.15) is 0 Å². The minimum Gasteiger partial charge on any atom is -0.295 e. The van der Waals surface area contributed by atoms with Gasteiger partial charge in [-0.15, -0.1) is 0 Å². The summed E-state index contributed by atoms with van der Waals surface area (Å²) in [7, 11) is 0. The van der Waals surface area contributed by atoms with E-state index in [9.17, 15) is 4.79 Å². The molecule has 0 spiro atoms. The highest BCUT2D eigenvalue weighted by molar-refractivity contribution is 6.11. The number of fused-ring (bicyclic) bond motifs is 9. The lowest BCUT2D eigenvalue weighted by Crippen LogP contribution is -2.21. The standard InChI is InChI=1S/C48H30N4O/c53-48-40-28-33(24-26-44(40)52-41-21-11-8-16-35(41)30-46(52)50(48)36-17-5-2-6-18-36)32-23-25-43-39(27-32)38-20-10-12-22-42(38)51(43)45-29-34-15-7-9-19-37(34)47(49-45)31-13-3-1-4-14-31/h1-30H. The van der Waals surface area contributed by atoms with Crippen LogP contribution in [0.4, 0.5) is 0 Å². The number of hydrogen-bond acceptors (Lipinski definition) is 2. The van der Waals surface area contributed by atoms with Crippen LogP contribution in [-0.4, -0.2) is 18.5 Å². The van der Waals surface area contributed by atoms with E-state index in [1.165, 1.54) is 0 Å². The summed E-state index contributed by atoms with van der Waals surface area (Å²) in [5.41, 5.74) is 9.83. The number of para-hydroxylation sites is 3. The molecule has 4 aromatic heterocycles. The van der Waals surface area contributed by atoms with Crippen LogP contribution in [0.5, 0.6) is 0 Å². The monoisotopic (exact) mass is 678 g/mol. The summed E-state index contributed by atoms with van der Waals surface area (Å²) in [6.45, 7) is 0. The number of nitrogens with zero attached hydrogens (tertiary/aromatic N) is 4. The van der Waals surface area contributed by atoms with Crippen LogP contribution >= 0.6 is 0 Å². The van der Waals surface area contributed by atoms with Gasteiger partial charge in [-0.25, -0.2) is 4.98 Å². The molecule has 0 unspecified atom stereocenters. The zero-order valence-corrected chi connectivity index (χ0v) is 28.5. The maximum Gasteiger partial charge on any atom is 0.266 e. The van der Waals surface area contributed by atoms with Crippen molar-refractivity contribution in [3.05, 3.63) is 192 Å². The van der Waals surface area contributed by atoms with Gasteiger partial charge in [-0.3, -0.25) is 18.3 Å². The first-order chi connectivity index (χ1) is 26.2. The van der Waals surface area contributed by atoms with E-state index in [1.54, 1.807) is 0 Å². The first-order valence-electron chi connectivity index (χ1n) is 17.8. The number of pyridine rings is 1. The fourth-order valence-corrected chi connectivity index (χ4v) is 8.21. The maximum absolute atomic E-state index is 14.5. The van der Waals surface area contributed by atoms with Crippen molar-refractivity contribution in [3.8, 4) is 33.9 Å². The van der Waals surface area contributed by atoms with E-state index < -0.39 is 0 Å². The summed E-state index contributed by atoms with van der Waals surface area (Å²) in [6.07, 6.45) is 0. The van der Waals surface area contributed by atoms with E-state index in [0.717, 1.165) is 88.5 Å². The molecule has 5 heteroatoms. The topological polar surface area (TPSA) is 44.2 Å². The van der Waals surface area contributed by atoms with Crippen LogP contribution in [0.1, 0.15) is 0 Å². The summed E-state index contributed by atoms with van der Waals surface area (Å²) in [4.78, 5) is 19.9. The minimum atomic E-state index is -0.0439. The lowest BCUT2D eigenvalue weighted by molar-refractivity contribution is 1.01. The highest BCUT2D eigenvalue weighted by atomic mass is 16.1. The summed E-state index contributed by atoms with van der Waals surface area (Å²) in [6, 6.07) is 62.8. The third-order valence-corrected chi connectivity index (χ3v) is 10.6. The molecule has 7 aromatic carbocycles. The number of benzene rings is 7. The van der Waals surface area contributed by atoms with Gasteiger partial charge in [-0.05, 0) is 77.2 Å². The average molecular weight is 679 g/mol. The highest BCUT2D eigenvalue weighted by Gasteiger charge is 2.19.